The van der Waals surface area contributed by atoms with Crippen molar-refractivity contribution in [3.05, 3.63) is 59.5 Å². The average molecular weight is 417 g/mol. The van der Waals surface area contributed by atoms with Crippen LogP contribution in [0.2, 0.25) is 5.02 Å². The second-order valence-corrected chi connectivity index (χ2v) is 7.97. The van der Waals surface area contributed by atoms with Crippen LogP contribution < -0.4 is 5.32 Å². The molecule has 0 spiro atoms. The van der Waals surface area contributed by atoms with Gasteiger partial charge in [-0.1, -0.05) is 35.5 Å². The fourth-order valence-electron chi connectivity index (χ4n) is 2.67. The van der Waals surface area contributed by atoms with Crippen molar-refractivity contribution in [1.82, 2.24) is 14.8 Å². The Morgan fingerprint density at radius 2 is 2.18 bits per heavy atom. The van der Waals surface area contributed by atoms with Crippen molar-refractivity contribution in [2.24, 2.45) is 0 Å². The van der Waals surface area contributed by atoms with Crippen LogP contribution in [-0.2, 0) is 11.3 Å². The Balaban J connectivity index is 1.80. The number of halogens is 1. The van der Waals surface area contributed by atoms with Gasteiger partial charge in [0.05, 0.1) is 17.1 Å². The molecule has 0 radical (unpaired) electrons. The second-order valence-electron chi connectivity index (χ2n) is 6.26. The minimum Gasteiger partial charge on any atom is -0.469 e. The minimum absolute atomic E-state index is 0.135. The summed E-state index contributed by atoms with van der Waals surface area (Å²) in [5.74, 6) is 1.31. The zero-order valence-electron chi connectivity index (χ0n) is 15.9. The molecular weight excluding hydrogens is 396 g/mol. The fourth-order valence-corrected chi connectivity index (χ4v) is 3.71. The van der Waals surface area contributed by atoms with Crippen molar-refractivity contribution in [3.63, 3.8) is 0 Å². The van der Waals surface area contributed by atoms with Crippen LogP contribution in [0.15, 0.2) is 52.8 Å². The molecule has 0 saturated heterocycles. The predicted molar refractivity (Wildman–Crippen MR) is 113 cm³/mol. The molecule has 0 fully saturated rings. The van der Waals surface area contributed by atoms with E-state index in [1.165, 1.54) is 11.8 Å². The monoisotopic (exact) mass is 416 g/mol. The molecule has 1 N–H and O–H groups in total. The van der Waals surface area contributed by atoms with Gasteiger partial charge in [-0.25, -0.2) is 0 Å². The molecule has 28 heavy (non-hydrogen) atoms. The molecule has 3 rings (SSSR count). The summed E-state index contributed by atoms with van der Waals surface area (Å²) in [5, 5.41) is 12.4. The molecule has 0 aliphatic heterocycles. The molecule has 146 valence electrons. The normalized spacial score (nSPS) is 12.0. The Morgan fingerprint density at radius 3 is 2.86 bits per heavy atom. The average Bonchev–Trinajstić information content (AvgIpc) is 3.25. The largest absolute Gasteiger partial charge is 0.469 e. The number of furan rings is 1. The van der Waals surface area contributed by atoms with Gasteiger partial charge in [-0.15, -0.1) is 16.8 Å². The molecule has 1 aromatic carbocycles. The zero-order valence-corrected chi connectivity index (χ0v) is 17.5. The second kappa shape index (κ2) is 8.67. The Hall–Kier alpha value is -2.51. The Morgan fingerprint density at radius 1 is 1.39 bits per heavy atom. The van der Waals surface area contributed by atoms with Crippen LogP contribution in [0, 0.1) is 13.8 Å². The molecule has 8 heteroatoms. The highest BCUT2D eigenvalue weighted by Gasteiger charge is 2.22. The number of nitrogens with zero attached hydrogens (tertiary/aromatic N) is 3. The highest BCUT2D eigenvalue weighted by atomic mass is 35.5. The van der Waals surface area contributed by atoms with Gasteiger partial charge in [0.2, 0.25) is 5.91 Å². The summed E-state index contributed by atoms with van der Waals surface area (Å²) in [6.07, 6.45) is 3.39. The maximum absolute atomic E-state index is 12.7. The van der Waals surface area contributed by atoms with Crippen LogP contribution in [0.5, 0.6) is 0 Å². The summed E-state index contributed by atoms with van der Waals surface area (Å²) < 4.78 is 7.30. The number of amides is 1. The highest BCUT2D eigenvalue weighted by Crippen LogP contribution is 2.30. The van der Waals surface area contributed by atoms with Gasteiger partial charge in [0.25, 0.3) is 0 Å². The van der Waals surface area contributed by atoms with E-state index in [0.717, 1.165) is 16.9 Å². The number of carbonyl (C=O) groups is 1. The smallest absolute Gasteiger partial charge is 0.237 e. The molecule has 0 unspecified atom stereocenters. The predicted octanol–water partition coefficient (Wildman–Crippen LogP) is 5.11. The van der Waals surface area contributed by atoms with Crippen molar-refractivity contribution in [2.45, 2.75) is 37.7 Å². The first-order chi connectivity index (χ1) is 13.4. The summed E-state index contributed by atoms with van der Waals surface area (Å²) in [5.41, 5.74) is 2.40. The molecule has 6 nitrogen and oxygen atoms in total. The van der Waals surface area contributed by atoms with E-state index in [1.807, 2.05) is 43.5 Å². The third kappa shape index (κ3) is 4.15. The number of nitrogens with one attached hydrogen (secondary N) is 1. The van der Waals surface area contributed by atoms with Crippen LogP contribution in [0.4, 0.5) is 5.69 Å². The van der Waals surface area contributed by atoms with Crippen molar-refractivity contribution >= 4 is 35.0 Å². The van der Waals surface area contributed by atoms with Gasteiger partial charge in [-0.2, -0.15) is 0 Å². The number of allylic oxidation sites excluding steroid dienone is 1. The first kappa shape index (κ1) is 20.2. The molecule has 0 aliphatic rings. The van der Waals surface area contributed by atoms with E-state index in [4.69, 9.17) is 16.0 Å². The van der Waals surface area contributed by atoms with Crippen molar-refractivity contribution in [2.75, 3.05) is 5.32 Å². The first-order valence-electron chi connectivity index (χ1n) is 8.73. The van der Waals surface area contributed by atoms with Crippen LogP contribution in [0.25, 0.3) is 11.4 Å². The number of aromatic nitrogens is 3. The summed E-state index contributed by atoms with van der Waals surface area (Å²) in [7, 11) is 0. The first-order valence-corrected chi connectivity index (χ1v) is 9.99. The van der Waals surface area contributed by atoms with Crippen LogP contribution >= 0.6 is 23.4 Å². The van der Waals surface area contributed by atoms with E-state index in [-0.39, 0.29) is 11.2 Å². The maximum atomic E-state index is 12.7. The lowest BCUT2D eigenvalue weighted by atomic mass is 10.2. The minimum atomic E-state index is -0.385. The van der Waals surface area contributed by atoms with Crippen LogP contribution in [-0.4, -0.2) is 25.9 Å². The SMILES string of the molecule is C=CCn1c(S[C@H](C)C(=O)Nc2cccc(Cl)c2C)nnc1-c1ccoc1C. The molecule has 0 bridgehead atoms. The quantitative estimate of drug-likeness (QED) is 0.427. The van der Waals surface area contributed by atoms with Crippen LogP contribution in [0.3, 0.4) is 0 Å². The fraction of sp³-hybridized carbons (Fsp3) is 0.250. The number of carbonyl (C=O) groups excluding carboxylic acids is 1. The van der Waals surface area contributed by atoms with E-state index < -0.39 is 0 Å². The van der Waals surface area contributed by atoms with Crippen molar-refractivity contribution in [1.29, 1.82) is 0 Å². The van der Waals surface area contributed by atoms with Gasteiger partial charge < -0.3 is 9.73 Å². The molecule has 2 heterocycles. The Kier molecular flexibility index (Phi) is 6.26. The lowest BCUT2D eigenvalue weighted by Crippen LogP contribution is -2.23. The molecular formula is C20H21ClN4O2S. The molecule has 2 aromatic heterocycles. The van der Waals surface area contributed by atoms with Gasteiger partial charge in [0, 0.05) is 17.3 Å². The molecule has 3 aromatic rings. The summed E-state index contributed by atoms with van der Waals surface area (Å²) in [6.45, 7) is 9.91. The third-order valence-corrected chi connectivity index (χ3v) is 5.80. The van der Waals surface area contributed by atoms with E-state index in [0.29, 0.717) is 28.2 Å². The maximum Gasteiger partial charge on any atom is 0.237 e. The number of benzene rings is 1. The molecule has 1 atom stereocenters. The lowest BCUT2D eigenvalue weighted by Gasteiger charge is -2.14. The topological polar surface area (TPSA) is 73.0 Å². The Labute approximate surface area is 173 Å². The number of aryl methyl sites for hydroxylation is 1. The van der Waals surface area contributed by atoms with E-state index in [9.17, 15) is 4.79 Å². The number of anilines is 1. The summed E-state index contributed by atoms with van der Waals surface area (Å²) in [6, 6.07) is 7.28. The van der Waals surface area contributed by atoms with Crippen LogP contribution in [0.1, 0.15) is 18.2 Å². The van der Waals surface area contributed by atoms with Gasteiger partial charge in [0.1, 0.15) is 5.76 Å². The van der Waals surface area contributed by atoms with E-state index in [1.54, 1.807) is 18.4 Å². The number of hydrogen-bond donors (Lipinski definition) is 1. The number of thioether (sulfide) groups is 1. The van der Waals surface area contributed by atoms with E-state index in [2.05, 4.69) is 22.1 Å². The van der Waals surface area contributed by atoms with Gasteiger partial charge >= 0.3 is 0 Å². The molecule has 0 aliphatic carbocycles. The van der Waals surface area contributed by atoms with Gasteiger partial charge in [-0.05, 0) is 44.5 Å². The zero-order chi connectivity index (χ0) is 20.3. The number of hydrogen-bond acceptors (Lipinski definition) is 5. The van der Waals surface area contributed by atoms with Gasteiger partial charge in [0.15, 0.2) is 11.0 Å². The summed E-state index contributed by atoms with van der Waals surface area (Å²) in [4.78, 5) is 12.7. The number of rotatable bonds is 7. The molecule has 0 saturated carbocycles. The highest BCUT2D eigenvalue weighted by molar-refractivity contribution is 8.00. The van der Waals surface area contributed by atoms with Crippen molar-refractivity contribution < 1.29 is 9.21 Å². The van der Waals surface area contributed by atoms with E-state index >= 15 is 0 Å². The third-order valence-electron chi connectivity index (χ3n) is 4.31. The Bertz CT molecular complexity index is 1010. The lowest BCUT2D eigenvalue weighted by molar-refractivity contribution is -0.115. The molecule has 1 amide bonds. The summed E-state index contributed by atoms with van der Waals surface area (Å²) >= 11 is 7.47. The van der Waals surface area contributed by atoms with Crippen molar-refractivity contribution in [3.8, 4) is 11.4 Å². The standard InChI is InChI=1S/C20H21ClN4O2S/c1-5-10-25-18(15-9-11-27-13(15)3)23-24-20(25)28-14(4)19(26)22-17-8-6-7-16(21)12(17)2/h5-9,11,14H,1,10H2,2-4H3,(H,22,26)/t14-/m1/s1. The van der Waals surface area contributed by atoms with Gasteiger partial charge in [-0.3, -0.25) is 9.36 Å².